The van der Waals surface area contributed by atoms with Crippen LogP contribution in [-0.2, 0) is 6.54 Å². The van der Waals surface area contributed by atoms with E-state index in [9.17, 15) is 0 Å². The van der Waals surface area contributed by atoms with Crippen molar-refractivity contribution in [1.29, 1.82) is 0 Å². The highest BCUT2D eigenvalue weighted by atomic mass is 15.1. The van der Waals surface area contributed by atoms with Crippen LogP contribution in [0.3, 0.4) is 0 Å². The van der Waals surface area contributed by atoms with Crippen molar-refractivity contribution in [2.24, 2.45) is 11.8 Å². The maximum absolute atomic E-state index is 3.54. The molecule has 0 radical (unpaired) electrons. The number of rotatable bonds is 2. The van der Waals surface area contributed by atoms with E-state index in [1.807, 2.05) is 0 Å². The van der Waals surface area contributed by atoms with Gasteiger partial charge in [-0.25, -0.2) is 0 Å². The van der Waals surface area contributed by atoms with Gasteiger partial charge in [0.2, 0.25) is 0 Å². The molecule has 2 unspecified atom stereocenters. The molecule has 2 heteroatoms. The highest BCUT2D eigenvalue weighted by Crippen LogP contribution is 2.27. The summed E-state index contributed by atoms with van der Waals surface area (Å²) >= 11 is 0. The summed E-state index contributed by atoms with van der Waals surface area (Å²) in [6, 6.07) is 6.83. The Labute approximate surface area is 110 Å². The van der Waals surface area contributed by atoms with Crippen LogP contribution in [0.2, 0.25) is 0 Å². The van der Waals surface area contributed by atoms with Crippen LogP contribution >= 0.6 is 0 Å². The van der Waals surface area contributed by atoms with Gasteiger partial charge in [-0.05, 0) is 62.9 Å². The fraction of sp³-hybridized carbons (Fsp3) is 0.625. The summed E-state index contributed by atoms with van der Waals surface area (Å²) in [7, 11) is 0. The monoisotopic (exact) mass is 244 g/mol. The summed E-state index contributed by atoms with van der Waals surface area (Å²) in [4.78, 5) is 2.65. The summed E-state index contributed by atoms with van der Waals surface area (Å²) in [5.41, 5.74) is 4.33. The Bertz CT molecular complexity index is 427. The van der Waals surface area contributed by atoms with Crippen molar-refractivity contribution >= 4 is 0 Å². The third-order valence-corrected chi connectivity index (χ3v) is 4.69. The van der Waals surface area contributed by atoms with Crippen LogP contribution in [0, 0.1) is 25.7 Å². The van der Waals surface area contributed by atoms with Crippen LogP contribution in [0.15, 0.2) is 18.2 Å². The third-order valence-electron chi connectivity index (χ3n) is 4.69. The largest absolute Gasteiger partial charge is 0.316 e. The van der Waals surface area contributed by atoms with Crippen LogP contribution < -0.4 is 5.32 Å². The van der Waals surface area contributed by atoms with Crippen LogP contribution in [0.5, 0.6) is 0 Å². The Balaban J connectivity index is 1.67. The first kappa shape index (κ1) is 12.2. The minimum atomic E-state index is 0.892. The SMILES string of the molecule is Cc1ccc(C)c(CN2CCC3CNCC3C2)c1. The molecule has 1 N–H and O–H groups in total. The summed E-state index contributed by atoms with van der Waals surface area (Å²) in [5, 5.41) is 3.54. The highest BCUT2D eigenvalue weighted by Gasteiger charge is 2.32. The van der Waals surface area contributed by atoms with Crippen molar-refractivity contribution in [1.82, 2.24) is 10.2 Å². The van der Waals surface area contributed by atoms with E-state index in [-0.39, 0.29) is 0 Å². The number of likely N-dealkylation sites (tertiary alicyclic amines) is 1. The van der Waals surface area contributed by atoms with Gasteiger partial charge in [-0.15, -0.1) is 0 Å². The average molecular weight is 244 g/mol. The standard InChI is InChI=1S/C16H24N2/c1-12-3-4-13(2)15(7-12)10-18-6-5-14-8-17-9-16(14)11-18/h3-4,7,14,16-17H,5-6,8-11H2,1-2H3. The molecule has 98 valence electrons. The molecule has 0 amide bonds. The normalized spacial score (nSPS) is 28.3. The molecule has 2 aliphatic rings. The summed E-state index contributed by atoms with van der Waals surface area (Å²) in [6.07, 6.45) is 1.38. The van der Waals surface area contributed by atoms with Crippen LogP contribution in [0.4, 0.5) is 0 Å². The molecular formula is C16H24N2. The fourth-order valence-electron chi connectivity index (χ4n) is 3.47. The van der Waals surface area contributed by atoms with Gasteiger partial charge in [0.15, 0.2) is 0 Å². The van der Waals surface area contributed by atoms with Gasteiger partial charge in [-0.1, -0.05) is 23.8 Å². The quantitative estimate of drug-likeness (QED) is 0.859. The number of hydrogen-bond acceptors (Lipinski definition) is 2. The first-order chi connectivity index (χ1) is 8.72. The predicted octanol–water partition coefficient (Wildman–Crippen LogP) is 2.34. The molecule has 2 fully saturated rings. The maximum atomic E-state index is 3.54. The maximum Gasteiger partial charge on any atom is 0.0236 e. The van der Waals surface area contributed by atoms with E-state index in [2.05, 4.69) is 42.3 Å². The van der Waals surface area contributed by atoms with E-state index in [1.165, 1.54) is 49.3 Å². The van der Waals surface area contributed by atoms with Crippen LogP contribution in [-0.4, -0.2) is 31.1 Å². The molecular weight excluding hydrogens is 220 g/mol. The number of benzene rings is 1. The van der Waals surface area contributed by atoms with Gasteiger partial charge in [-0.3, -0.25) is 4.90 Å². The topological polar surface area (TPSA) is 15.3 Å². The molecule has 2 aliphatic heterocycles. The van der Waals surface area contributed by atoms with E-state index in [0.717, 1.165) is 18.4 Å². The number of piperidine rings is 1. The van der Waals surface area contributed by atoms with E-state index in [0.29, 0.717) is 0 Å². The highest BCUT2D eigenvalue weighted by molar-refractivity contribution is 5.30. The predicted molar refractivity (Wildman–Crippen MR) is 75.7 cm³/mol. The molecule has 2 nitrogen and oxygen atoms in total. The Morgan fingerprint density at radius 1 is 1.22 bits per heavy atom. The lowest BCUT2D eigenvalue weighted by molar-refractivity contribution is 0.142. The Morgan fingerprint density at radius 3 is 2.94 bits per heavy atom. The Morgan fingerprint density at radius 2 is 2.06 bits per heavy atom. The third kappa shape index (κ3) is 2.45. The average Bonchev–Trinajstić information content (AvgIpc) is 2.81. The van der Waals surface area contributed by atoms with E-state index in [1.54, 1.807) is 0 Å². The van der Waals surface area contributed by atoms with Gasteiger partial charge in [0, 0.05) is 13.1 Å². The minimum absolute atomic E-state index is 0.892. The molecule has 0 bridgehead atoms. The minimum Gasteiger partial charge on any atom is -0.316 e. The second kappa shape index (κ2) is 5.02. The summed E-state index contributed by atoms with van der Waals surface area (Å²) in [5.74, 6) is 1.84. The number of hydrogen-bond donors (Lipinski definition) is 1. The van der Waals surface area contributed by atoms with E-state index >= 15 is 0 Å². The molecule has 2 atom stereocenters. The molecule has 0 aromatic heterocycles. The van der Waals surface area contributed by atoms with Gasteiger partial charge in [0.1, 0.15) is 0 Å². The second-order valence-electron chi connectivity index (χ2n) is 6.13. The molecule has 0 saturated carbocycles. The van der Waals surface area contributed by atoms with Gasteiger partial charge < -0.3 is 5.32 Å². The van der Waals surface area contributed by atoms with Gasteiger partial charge in [-0.2, -0.15) is 0 Å². The van der Waals surface area contributed by atoms with Gasteiger partial charge >= 0.3 is 0 Å². The summed E-state index contributed by atoms with van der Waals surface area (Å²) in [6.45, 7) is 10.6. The second-order valence-corrected chi connectivity index (χ2v) is 6.13. The van der Waals surface area contributed by atoms with Gasteiger partial charge in [0.25, 0.3) is 0 Å². The molecule has 0 aliphatic carbocycles. The van der Waals surface area contributed by atoms with Crippen LogP contribution in [0.1, 0.15) is 23.1 Å². The van der Waals surface area contributed by atoms with Crippen molar-refractivity contribution in [3.8, 4) is 0 Å². The van der Waals surface area contributed by atoms with E-state index in [4.69, 9.17) is 0 Å². The molecule has 1 aromatic rings. The Hall–Kier alpha value is -0.860. The van der Waals surface area contributed by atoms with Crippen molar-refractivity contribution in [2.75, 3.05) is 26.2 Å². The molecule has 1 aromatic carbocycles. The van der Waals surface area contributed by atoms with Crippen molar-refractivity contribution in [2.45, 2.75) is 26.8 Å². The number of fused-ring (bicyclic) bond motifs is 1. The molecule has 3 rings (SSSR count). The zero-order valence-corrected chi connectivity index (χ0v) is 11.6. The Kier molecular flexibility index (Phi) is 3.40. The lowest BCUT2D eigenvalue weighted by Crippen LogP contribution is -2.39. The molecule has 2 heterocycles. The first-order valence-corrected chi connectivity index (χ1v) is 7.21. The lowest BCUT2D eigenvalue weighted by Gasteiger charge is -2.34. The fourth-order valence-corrected chi connectivity index (χ4v) is 3.47. The van der Waals surface area contributed by atoms with Crippen LogP contribution in [0.25, 0.3) is 0 Å². The molecule has 0 spiro atoms. The lowest BCUT2D eigenvalue weighted by atomic mass is 9.88. The smallest absolute Gasteiger partial charge is 0.0236 e. The zero-order valence-electron chi connectivity index (χ0n) is 11.6. The van der Waals surface area contributed by atoms with Gasteiger partial charge in [0.05, 0.1) is 0 Å². The number of nitrogens with zero attached hydrogens (tertiary/aromatic N) is 1. The van der Waals surface area contributed by atoms with Crippen molar-refractivity contribution in [3.63, 3.8) is 0 Å². The van der Waals surface area contributed by atoms with Crippen molar-refractivity contribution < 1.29 is 0 Å². The number of aryl methyl sites for hydroxylation is 2. The number of nitrogens with one attached hydrogen (secondary N) is 1. The van der Waals surface area contributed by atoms with Crippen molar-refractivity contribution in [3.05, 3.63) is 34.9 Å². The summed E-state index contributed by atoms with van der Waals surface area (Å²) < 4.78 is 0. The molecule has 18 heavy (non-hydrogen) atoms. The first-order valence-electron chi connectivity index (χ1n) is 7.21. The van der Waals surface area contributed by atoms with E-state index < -0.39 is 0 Å². The zero-order chi connectivity index (χ0) is 12.5. The molecule has 2 saturated heterocycles.